The number of hydrogen-bond acceptors (Lipinski definition) is 1. The molecule has 2 aliphatic carbocycles. The summed E-state index contributed by atoms with van der Waals surface area (Å²) >= 11 is 0. The highest BCUT2D eigenvalue weighted by atomic mass is 19.4. The summed E-state index contributed by atoms with van der Waals surface area (Å²) in [4.78, 5) is 11.0. The Morgan fingerprint density at radius 1 is 1.25 bits per heavy atom. The Kier molecular flexibility index (Phi) is 2.67. The van der Waals surface area contributed by atoms with Crippen LogP contribution >= 0.6 is 0 Å². The molecule has 6 heteroatoms. The Bertz CT molecular complexity index is 311. The molecule has 1 saturated carbocycles. The van der Waals surface area contributed by atoms with Crippen LogP contribution in [0.15, 0.2) is 12.2 Å². The van der Waals surface area contributed by atoms with Gasteiger partial charge in [-0.3, -0.25) is 4.79 Å². The van der Waals surface area contributed by atoms with Gasteiger partial charge in [0.1, 0.15) is 0 Å². The number of fused-ring (bicyclic) bond motifs is 2. The first-order valence-corrected chi connectivity index (χ1v) is 5.09. The van der Waals surface area contributed by atoms with Crippen molar-refractivity contribution in [1.29, 1.82) is 0 Å². The highest BCUT2D eigenvalue weighted by molar-refractivity contribution is 5.82. The smallest absolute Gasteiger partial charge is 0.349 e. The second kappa shape index (κ2) is 3.75. The summed E-state index contributed by atoms with van der Waals surface area (Å²) in [6, 6.07) is -0.354. The maximum absolute atomic E-state index is 12.7. The van der Waals surface area contributed by atoms with Gasteiger partial charge in [0, 0.05) is 6.04 Å². The van der Waals surface area contributed by atoms with Crippen molar-refractivity contribution in [1.82, 2.24) is 5.32 Å². The summed E-state index contributed by atoms with van der Waals surface area (Å²) in [6.45, 7) is 0. The Morgan fingerprint density at radius 3 is 2.12 bits per heavy atom. The molecule has 0 aromatic heterocycles. The van der Waals surface area contributed by atoms with Crippen LogP contribution in [0.1, 0.15) is 12.8 Å². The minimum atomic E-state index is -5.12. The minimum absolute atomic E-state index is 0.0642. The average molecular weight is 237 g/mol. The Morgan fingerprint density at radius 2 is 1.75 bits per heavy atom. The molecule has 2 rings (SSSR count). The van der Waals surface area contributed by atoms with Crippen LogP contribution in [0.3, 0.4) is 0 Å². The highest BCUT2D eigenvalue weighted by Crippen LogP contribution is 2.39. The van der Waals surface area contributed by atoms with Gasteiger partial charge in [-0.1, -0.05) is 12.2 Å². The van der Waals surface area contributed by atoms with E-state index >= 15 is 0 Å². The number of amides is 1. The second-order valence-electron chi connectivity index (χ2n) is 4.23. The molecule has 3 atom stereocenters. The van der Waals surface area contributed by atoms with Crippen LogP contribution < -0.4 is 5.32 Å². The standard InChI is InChI=1S/C10H11F4NO/c11-8(10(12,13)14)9(16)15-7-5-1-2-6(7)4-3-5/h1-2,5-8H,3-4H2,(H,15,16). The lowest BCUT2D eigenvalue weighted by atomic mass is 10.1. The molecule has 0 radical (unpaired) electrons. The summed E-state index contributed by atoms with van der Waals surface area (Å²) in [7, 11) is 0. The van der Waals surface area contributed by atoms with Crippen molar-refractivity contribution >= 4 is 5.91 Å². The van der Waals surface area contributed by atoms with E-state index in [1.165, 1.54) is 0 Å². The summed E-state index contributed by atoms with van der Waals surface area (Å²) in [5, 5.41) is 2.15. The summed E-state index contributed by atoms with van der Waals surface area (Å²) in [5.41, 5.74) is 0. The third-order valence-corrected chi connectivity index (χ3v) is 3.19. The molecule has 1 amide bonds. The first-order chi connectivity index (χ1) is 7.39. The van der Waals surface area contributed by atoms with E-state index < -0.39 is 18.3 Å². The van der Waals surface area contributed by atoms with Crippen LogP contribution in [0, 0.1) is 11.8 Å². The number of rotatable bonds is 2. The topological polar surface area (TPSA) is 29.1 Å². The van der Waals surface area contributed by atoms with E-state index in [0.29, 0.717) is 0 Å². The SMILES string of the molecule is O=C(NC1C2C=CC1CC2)C(F)C(F)(F)F. The van der Waals surface area contributed by atoms with Gasteiger partial charge in [-0.25, -0.2) is 4.39 Å². The van der Waals surface area contributed by atoms with Gasteiger partial charge in [-0.15, -0.1) is 0 Å². The van der Waals surface area contributed by atoms with Crippen molar-refractivity contribution in [3.8, 4) is 0 Å². The number of alkyl halides is 4. The molecule has 0 spiro atoms. The molecule has 16 heavy (non-hydrogen) atoms. The van der Waals surface area contributed by atoms with Crippen LogP contribution in [0.4, 0.5) is 17.6 Å². The zero-order chi connectivity index (χ0) is 11.9. The molecule has 3 unspecified atom stereocenters. The van der Waals surface area contributed by atoms with Gasteiger partial charge in [0.2, 0.25) is 0 Å². The van der Waals surface area contributed by atoms with Gasteiger partial charge in [-0.2, -0.15) is 13.2 Å². The average Bonchev–Trinajstić information content (AvgIpc) is 2.75. The van der Waals surface area contributed by atoms with Crippen LogP contribution in [-0.2, 0) is 4.79 Å². The lowest BCUT2D eigenvalue weighted by molar-refractivity contribution is -0.187. The van der Waals surface area contributed by atoms with E-state index in [2.05, 4.69) is 5.32 Å². The third kappa shape index (κ3) is 1.92. The maximum atomic E-state index is 12.7. The lowest BCUT2D eigenvalue weighted by Gasteiger charge is -2.20. The van der Waals surface area contributed by atoms with E-state index in [1.54, 1.807) is 0 Å². The third-order valence-electron chi connectivity index (χ3n) is 3.19. The molecule has 2 nitrogen and oxygen atoms in total. The monoisotopic (exact) mass is 237 g/mol. The quantitative estimate of drug-likeness (QED) is 0.577. The molecule has 1 fully saturated rings. The van der Waals surface area contributed by atoms with Gasteiger partial charge in [0.05, 0.1) is 0 Å². The van der Waals surface area contributed by atoms with Crippen LogP contribution in [0.5, 0.6) is 0 Å². The number of carbonyl (C=O) groups excluding carboxylic acids is 1. The van der Waals surface area contributed by atoms with Crippen molar-refractivity contribution in [2.75, 3.05) is 0 Å². The van der Waals surface area contributed by atoms with E-state index in [1.807, 2.05) is 12.2 Å². The zero-order valence-corrected chi connectivity index (χ0v) is 8.30. The molecular weight excluding hydrogens is 226 g/mol. The van der Waals surface area contributed by atoms with Crippen LogP contribution in [-0.4, -0.2) is 24.3 Å². The molecule has 2 aliphatic rings. The van der Waals surface area contributed by atoms with E-state index in [9.17, 15) is 22.4 Å². The Labute approximate surface area is 89.7 Å². The van der Waals surface area contributed by atoms with Crippen molar-refractivity contribution in [2.45, 2.75) is 31.2 Å². The fourth-order valence-electron chi connectivity index (χ4n) is 2.38. The number of hydrogen-bond donors (Lipinski definition) is 1. The predicted octanol–water partition coefficient (Wildman–Crippen LogP) is 1.97. The molecule has 0 aromatic carbocycles. The van der Waals surface area contributed by atoms with Gasteiger partial charge >= 0.3 is 6.18 Å². The van der Waals surface area contributed by atoms with Crippen molar-refractivity contribution in [3.63, 3.8) is 0 Å². The number of nitrogens with one attached hydrogen (secondary N) is 1. The maximum Gasteiger partial charge on any atom is 0.428 e. The van der Waals surface area contributed by atoms with Crippen molar-refractivity contribution in [2.24, 2.45) is 11.8 Å². The van der Waals surface area contributed by atoms with Gasteiger partial charge in [0.25, 0.3) is 12.1 Å². The molecule has 0 aliphatic heterocycles. The summed E-state index contributed by atoms with van der Waals surface area (Å²) in [6.07, 6.45) is -3.10. The summed E-state index contributed by atoms with van der Waals surface area (Å²) < 4.78 is 48.5. The number of halogens is 4. The molecule has 1 N–H and O–H groups in total. The Balaban J connectivity index is 1.94. The first kappa shape index (κ1) is 11.4. The predicted molar refractivity (Wildman–Crippen MR) is 48.2 cm³/mol. The summed E-state index contributed by atoms with van der Waals surface area (Å²) in [5.74, 6) is -1.44. The highest BCUT2D eigenvalue weighted by Gasteiger charge is 2.48. The molecular formula is C10H11F4NO. The lowest BCUT2D eigenvalue weighted by Crippen LogP contribution is -2.47. The second-order valence-corrected chi connectivity index (χ2v) is 4.23. The van der Waals surface area contributed by atoms with Crippen molar-refractivity contribution in [3.05, 3.63) is 12.2 Å². The van der Waals surface area contributed by atoms with Crippen molar-refractivity contribution < 1.29 is 22.4 Å². The minimum Gasteiger partial charge on any atom is -0.349 e. The number of carbonyl (C=O) groups is 1. The zero-order valence-electron chi connectivity index (χ0n) is 8.30. The van der Waals surface area contributed by atoms with Crippen LogP contribution in [0.25, 0.3) is 0 Å². The molecule has 0 heterocycles. The van der Waals surface area contributed by atoms with E-state index in [0.717, 1.165) is 12.8 Å². The van der Waals surface area contributed by atoms with Gasteiger partial charge < -0.3 is 5.32 Å². The van der Waals surface area contributed by atoms with Gasteiger partial charge in [0.15, 0.2) is 0 Å². The fraction of sp³-hybridized carbons (Fsp3) is 0.700. The molecule has 2 bridgehead atoms. The first-order valence-electron chi connectivity index (χ1n) is 5.09. The molecule has 90 valence electrons. The molecule has 0 saturated heterocycles. The van der Waals surface area contributed by atoms with E-state index in [4.69, 9.17) is 0 Å². The Hall–Kier alpha value is -1.07. The normalized spacial score (nSPS) is 34.1. The van der Waals surface area contributed by atoms with Gasteiger partial charge in [-0.05, 0) is 24.7 Å². The van der Waals surface area contributed by atoms with Crippen LogP contribution in [0.2, 0.25) is 0 Å². The van der Waals surface area contributed by atoms with E-state index in [-0.39, 0.29) is 17.9 Å². The largest absolute Gasteiger partial charge is 0.428 e. The fourth-order valence-corrected chi connectivity index (χ4v) is 2.38. The molecule has 0 aromatic rings.